The molecule has 17 heavy (non-hydrogen) atoms. The van der Waals surface area contributed by atoms with Crippen LogP contribution < -0.4 is 0 Å². The fourth-order valence-electron chi connectivity index (χ4n) is 1.21. The minimum absolute atomic E-state index is 0.306. The fraction of sp³-hybridized carbons (Fsp3) is 0.444. The lowest BCUT2D eigenvalue weighted by Crippen LogP contribution is -2.12. The van der Waals surface area contributed by atoms with Crippen molar-refractivity contribution >= 4 is 5.97 Å². The number of methoxy groups -OCH3 is 1. The van der Waals surface area contributed by atoms with Crippen molar-refractivity contribution in [2.45, 2.75) is 19.1 Å². The number of carbonyl (C=O) groups excluding carboxylic acids is 1. The van der Waals surface area contributed by atoms with Gasteiger partial charge in [0.25, 0.3) is 0 Å². The molecule has 0 saturated heterocycles. The number of nitrogens with zero attached hydrogens (tertiary/aromatic N) is 3. The van der Waals surface area contributed by atoms with Gasteiger partial charge in [-0.15, -0.1) is 0 Å². The van der Waals surface area contributed by atoms with Crippen LogP contribution >= 0.6 is 0 Å². The maximum atomic E-state index is 12.5. The molecular formula is C9H8F3N3O2. The van der Waals surface area contributed by atoms with Crippen LogP contribution in [0.1, 0.15) is 11.3 Å². The molecule has 0 atom stereocenters. The van der Waals surface area contributed by atoms with Crippen LogP contribution in [0.25, 0.3) is 0 Å². The summed E-state index contributed by atoms with van der Waals surface area (Å²) in [5.41, 5.74) is -1.47. The first kappa shape index (κ1) is 13.0. The number of hydrogen-bond donors (Lipinski definition) is 0. The van der Waals surface area contributed by atoms with Crippen LogP contribution in [0.5, 0.6) is 0 Å². The number of hydrogen-bond acceptors (Lipinski definition) is 4. The van der Waals surface area contributed by atoms with Gasteiger partial charge in [-0.3, -0.25) is 9.48 Å². The van der Waals surface area contributed by atoms with Crippen LogP contribution in [0, 0.1) is 11.3 Å². The number of halogens is 3. The Morgan fingerprint density at radius 1 is 1.65 bits per heavy atom. The monoisotopic (exact) mass is 247 g/mol. The molecule has 0 aromatic carbocycles. The number of carbonyl (C=O) groups is 1. The molecule has 8 heteroatoms. The number of rotatable bonds is 3. The van der Waals surface area contributed by atoms with E-state index in [9.17, 15) is 18.0 Å². The first-order chi connectivity index (χ1) is 7.88. The van der Waals surface area contributed by atoms with E-state index in [0.717, 1.165) is 18.0 Å². The van der Waals surface area contributed by atoms with Crippen LogP contribution in [0.3, 0.4) is 0 Å². The Labute approximate surface area is 94.4 Å². The van der Waals surface area contributed by atoms with Crippen molar-refractivity contribution < 1.29 is 22.7 Å². The van der Waals surface area contributed by atoms with E-state index >= 15 is 0 Å². The second-order valence-corrected chi connectivity index (χ2v) is 3.11. The highest BCUT2D eigenvalue weighted by Gasteiger charge is 2.37. The molecule has 0 aliphatic carbocycles. The van der Waals surface area contributed by atoms with Crippen LogP contribution in [-0.4, -0.2) is 22.9 Å². The standard InChI is InChI=1S/C9H8F3N3O2/c1-17-7(16)4-6-5-15(3-2-13)14-8(6)9(10,11)12/h5H,3-4H2,1H3. The van der Waals surface area contributed by atoms with Gasteiger partial charge in [0.2, 0.25) is 0 Å². The average molecular weight is 247 g/mol. The Morgan fingerprint density at radius 3 is 2.76 bits per heavy atom. The Morgan fingerprint density at radius 2 is 2.29 bits per heavy atom. The second-order valence-electron chi connectivity index (χ2n) is 3.11. The summed E-state index contributed by atoms with van der Waals surface area (Å²) in [6.45, 7) is -0.315. The summed E-state index contributed by atoms with van der Waals surface area (Å²) < 4.78 is 42.8. The van der Waals surface area contributed by atoms with Crippen molar-refractivity contribution in [2.24, 2.45) is 0 Å². The lowest BCUT2D eigenvalue weighted by Gasteiger charge is -2.04. The number of aromatic nitrogens is 2. The van der Waals surface area contributed by atoms with E-state index in [-0.39, 0.29) is 12.1 Å². The maximum Gasteiger partial charge on any atom is 0.435 e. The molecule has 1 aromatic heterocycles. The van der Waals surface area contributed by atoms with Crippen LogP contribution in [-0.2, 0) is 28.7 Å². The van der Waals surface area contributed by atoms with Gasteiger partial charge in [-0.25, -0.2) is 0 Å². The van der Waals surface area contributed by atoms with Crippen molar-refractivity contribution in [1.82, 2.24) is 9.78 Å². The molecule has 0 amide bonds. The number of alkyl halides is 3. The van der Waals surface area contributed by atoms with Gasteiger partial charge in [0.1, 0.15) is 6.54 Å². The molecular weight excluding hydrogens is 239 g/mol. The molecule has 1 heterocycles. The Kier molecular flexibility index (Phi) is 3.73. The average Bonchev–Trinajstić information content (AvgIpc) is 2.61. The van der Waals surface area contributed by atoms with Crippen molar-refractivity contribution in [3.8, 4) is 6.07 Å². The summed E-state index contributed by atoms with van der Waals surface area (Å²) in [7, 11) is 1.08. The molecule has 92 valence electrons. The minimum atomic E-state index is -4.66. The van der Waals surface area contributed by atoms with Crippen molar-refractivity contribution in [3.05, 3.63) is 17.5 Å². The molecule has 0 fully saturated rings. The number of nitriles is 1. The van der Waals surface area contributed by atoms with E-state index in [0.29, 0.717) is 0 Å². The SMILES string of the molecule is COC(=O)Cc1cn(CC#N)nc1C(F)(F)F. The summed E-state index contributed by atoms with van der Waals surface area (Å²) in [5, 5.41) is 11.6. The molecule has 0 aliphatic rings. The van der Waals surface area contributed by atoms with E-state index in [1.54, 1.807) is 6.07 Å². The number of esters is 1. The normalized spacial score (nSPS) is 11.0. The summed E-state index contributed by atoms with van der Waals surface area (Å²) in [4.78, 5) is 10.9. The van der Waals surface area contributed by atoms with E-state index in [2.05, 4.69) is 9.84 Å². The van der Waals surface area contributed by atoms with Crippen molar-refractivity contribution in [3.63, 3.8) is 0 Å². The van der Waals surface area contributed by atoms with Gasteiger partial charge in [0, 0.05) is 11.8 Å². The minimum Gasteiger partial charge on any atom is -0.469 e. The zero-order valence-corrected chi connectivity index (χ0v) is 8.78. The Hall–Kier alpha value is -2.04. The van der Waals surface area contributed by atoms with Crippen molar-refractivity contribution in [2.75, 3.05) is 7.11 Å². The fourth-order valence-corrected chi connectivity index (χ4v) is 1.21. The summed E-state index contributed by atoms with van der Waals surface area (Å²) >= 11 is 0. The molecule has 1 rings (SSSR count). The smallest absolute Gasteiger partial charge is 0.435 e. The summed E-state index contributed by atoms with van der Waals surface area (Å²) in [5.74, 6) is -0.799. The molecule has 0 saturated carbocycles. The Bertz CT molecular complexity index is 459. The highest BCUT2D eigenvalue weighted by Crippen LogP contribution is 2.30. The topological polar surface area (TPSA) is 67.9 Å². The van der Waals surface area contributed by atoms with Gasteiger partial charge >= 0.3 is 12.1 Å². The van der Waals surface area contributed by atoms with E-state index in [1.807, 2.05) is 0 Å². The Balaban J connectivity index is 3.09. The maximum absolute atomic E-state index is 12.5. The van der Waals surface area contributed by atoms with Gasteiger partial charge in [-0.1, -0.05) is 0 Å². The van der Waals surface area contributed by atoms with Gasteiger partial charge in [0.15, 0.2) is 5.69 Å². The molecule has 1 aromatic rings. The van der Waals surface area contributed by atoms with Crippen molar-refractivity contribution in [1.29, 1.82) is 5.26 Å². The lowest BCUT2D eigenvalue weighted by molar-refractivity contribution is -0.143. The zero-order chi connectivity index (χ0) is 13.1. The van der Waals surface area contributed by atoms with Gasteiger partial charge in [0.05, 0.1) is 19.6 Å². The van der Waals surface area contributed by atoms with Crippen LogP contribution in [0.2, 0.25) is 0 Å². The molecule has 0 bridgehead atoms. The van der Waals surface area contributed by atoms with Gasteiger partial charge in [-0.05, 0) is 0 Å². The molecule has 5 nitrogen and oxygen atoms in total. The third kappa shape index (κ3) is 3.21. The molecule has 0 spiro atoms. The molecule has 0 N–H and O–H groups in total. The predicted octanol–water partition coefficient (Wildman–Crippen LogP) is 1.14. The van der Waals surface area contributed by atoms with E-state index in [1.165, 1.54) is 0 Å². The summed E-state index contributed by atoms with van der Waals surface area (Å²) in [6.07, 6.45) is -4.18. The quantitative estimate of drug-likeness (QED) is 0.751. The lowest BCUT2D eigenvalue weighted by atomic mass is 10.2. The van der Waals surface area contributed by atoms with Gasteiger partial charge in [-0.2, -0.15) is 23.5 Å². The highest BCUT2D eigenvalue weighted by molar-refractivity contribution is 5.72. The highest BCUT2D eigenvalue weighted by atomic mass is 19.4. The van der Waals surface area contributed by atoms with Gasteiger partial charge < -0.3 is 4.74 Å². The summed E-state index contributed by atoms with van der Waals surface area (Å²) in [6, 6.07) is 1.66. The third-order valence-corrected chi connectivity index (χ3v) is 1.90. The van der Waals surface area contributed by atoms with E-state index < -0.39 is 24.3 Å². The van der Waals surface area contributed by atoms with Crippen LogP contribution in [0.15, 0.2) is 6.20 Å². The largest absolute Gasteiger partial charge is 0.469 e. The number of ether oxygens (including phenoxy) is 1. The third-order valence-electron chi connectivity index (χ3n) is 1.90. The molecule has 0 radical (unpaired) electrons. The van der Waals surface area contributed by atoms with Crippen LogP contribution in [0.4, 0.5) is 13.2 Å². The second kappa shape index (κ2) is 4.86. The van der Waals surface area contributed by atoms with E-state index in [4.69, 9.17) is 5.26 Å². The zero-order valence-electron chi connectivity index (χ0n) is 8.78. The predicted molar refractivity (Wildman–Crippen MR) is 48.6 cm³/mol. The first-order valence-electron chi connectivity index (χ1n) is 4.45. The molecule has 0 unspecified atom stereocenters. The first-order valence-corrected chi connectivity index (χ1v) is 4.45. The molecule has 0 aliphatic heterocycles.